The Morgan fingerprint density at radius 2 is 2.29 bits per heavy atom. The fourth-order valence-corrected chi connectivity index (χ4v) is 2.41. The molecule has 0 radical (unpaired) electrons. The number of hydrogen-bond acceptors (Lipinski definition) is 2. The second kappa shape index (κ2) is 4.92. The average Bonchev–Trinajstić information content (AvgIpc) is 2.84. The van der Waals surface area contributed by atoms with Gasteiger partial charge in [0.1, 0.15) is 5.69 Å². The zero-order valence-corrected chi connectivity index (χ0v) is 10.4. The molecule has 1 saturated carbocycles. The third-order valence-electron chi connectivity index (χ3n) is 3.75. The number of aliphatic hydroxyl groups excluding tert-OH is 1. The van der Waals surface area contributed by atoms with E-state index in [0.29, 0.717) is 12.2 Å². The van der Waals surface area contributed by atoms with Gasteiger partial charge in [-0.3, -0.25) is 4.79 Å². The van der Waals surface area contributed by atoms with E-state index in [1.54, 1.807) is 0 Å². The van der Waals surface area contributed by atoms with E-state index < -0.39 is 0 Å². The SMILES string of the molecule is Cc1ccc(C(=O)NCC2CCCC2O)n1C. The Bertz CT molecular complexity index is 412. The molecule has 0 saturated heterocycles. The monoisotopic (exact) mass is 236 g/mol. The molecule has 2 N–H and O–H groups in total. The molecule has 1 aromatic rings. The highest BCUT2D eigenvalue weighted by Crippen LogP contribution is 2.24. The molecule has 1 fully saturated rings. The molecule has 2 atom stereocenters. The fraction of sp³-hybridized carbons (Fsp3) is 0.615. The van der Waals surface area contributed by atoms with Crippen molar-refractivity contribution in [3.05, 3.63) is 23.5 Å². The van der Waals surface area contributed by atoms with Crippen molar-refractivity contribution < 1.29 is 9.90 Å². The summed E-state index contributed by atoms with van der Waals surface area (Å²) in [6, 6.07) is 3.76. The Morgan fingerprint density at radius 1 is 1.53 bits per heavy atom. The zero-order chi connectivity index (χ0) is 12.4. The van der Waals surface area contributed by atoms with Crippen molar-refractivity contribution in [3.8, 4) is 0 Å². The van der Waals surface area contributed by atoms with Crippen LogP contribution in [0.5, 0.6) is 0 Å². The van der Waals surface area contributed by atoms with Crippen molar-refractivity contribution >= 4 is 5.91 Å². The van der Waals surface area contributed by atoms with Crippen LogP contribution < -0.4 is 5.32 Å². The number of carbonyl (C=O) groups is 1. The standard InChI is InChI=1S/C13H20N2O2/c1-9-6-7-11(15(9)2)13(17)14-8-10-4-3-5-12(10)16/h6-7,10,12,16H,3-5,8H2,1-2H3,(H,14,17). The van der Waals surface area contributed by atoms with Crippen LogP contribution in [0, 0.1) is 12.8 Å². The largest absolute Gasteiger partial charge is 0.393 e. The summed E-state index contributed by atoms with van der Waals surface area (Å²) in [4.78, 5) is 11.9. The van der Waals surface area contributed by atoms with Gasteiger partial charge in [-0.1, -0.05) is 6.42 Å². The Morgan fingerprint density at radius 3 is 2.82 bits per heavy atom. The molecule has 2 rings (SSSR count). The van der Waals surface area contributed by atoms with Crippen LogP contribution in [-0.2, 0) is 7.05 Å². The molecule has 0 spiro atoms. The summed E-state index contributed by atoms with van der Waals surface area (Å²) in [7, 11) is 1.88. The van der Waals surface area contributed by atoms with E-state index in [2.05, 4.69) is 5.32 Å². The van der Waals surface area contributed by atoms with Gasteiger partial charge in [-0.15, -0.1) is 0 Å². The van der Waals surface area contributed by atoms with Gasteiger partial charge in [0.15, 0.2) is 0 Å². The first-order chi connectivity index (χ1) is 8.09. The molecule has 2 unspecified atom stereocenters. The second-order valence-corrected chi connectivity index (χ2v) is 4.89. The number of nitrogens with zero attached hydrogens (tertiary/aromatic N) is 1. The molecular formula is C13H20N2O2. The first-order valence-electron chi connectivity index (χ1n) is 6.18. The van der Waals surface area contributed by atoms with Crippen molar-refractivity contribution in [2.24, 2.45) is 13.0 Å². The van der Waals surface area contributed by atoms with E-state index in [0.717, 1.165) is 25.0 Å². The van der Waals surface area contributed by atoms with Crippen molar-refractivity contribution in [1.29, 1.82) is 0 Å². The van der Waals surface area contributed by atoms with Crippen LogP contribution in [0.4, 0.5) is 0 Å². The minimum atomic E-state index is -0.245. The highest BCUT2D eigenvalue weighted by Gasteiger charge is 2.25. The molecule has 1 aliphatic carbocycles. The molecule has 94 valence electrons. The van der Waals surface area contributed by atoms with E-state index in [4.69, 9.17) is 0 Å². The van der Waals surface area contributed by atoms with Crippen molar-refractivity contribution in [2.45, 2.75) is 32.3 Å². The van der Waals surface area contributed by atoms with Crippen LogP contribution in [0.15, 0.2) is 12.1 Å². The lowest BCUT2D eigenvalue weighted by atomic mass is 10.1. The normalized spacial score (nSPS) is 23.9. The Balaban J connectivity index is 1.91. The molecule has 0 aliphatic heterocycles. The van der Waals surface area contributed by atoms with Gasteiger partial charge in [-0.25, -0.2) is 0 Å². The number of aryl methyl sites for hydroxylation is 1. The lowest BCUT2D eigenvalue weighted by Crippen LogP contribution is -2.33. The number of carbonyl (C=O) groups excluding carboxylic acids is 1. The van der Waals surface area contributed by atoms with E-state index >= 15 is 0 Å². The van der Waals surface area contributed by atoms with E-state index in [1.807, 2.05) is 30.7 Å². The number of rotatable bonds is 3. The van der Waals surface area contributed by atoms with E-state index in [-0.39, 0.29) is 17.9 Å². The Kier molecular flexibility index (Phi) is 3.52. The summed E-state index contributed by atoms with van der Waals surface area (Å²) >= 11 is 0. The number of hydrogen-bond donors (Lipinski definition) is 2. The molecule has 1 aliphatic rings. The summed E-state index contributed by atoms with van der Waals surface area (Å²) in [5.41, 5.74) is 1.74. The van der Waals surface area contributed by atoms with E-state index in [9.17, 15) is 9.90 Å². The summed E-state index contributed by atoms with van der Waals surface area (Å²) in [6.45, 7) is 2.54. The molecule has 1 heterocycles. The molecule has 4 heteroatoms. The maximum atomic E-state index is 11.9. The first-order valence-corrected chi connectivity index (χ1v) is 6.18. The summed E-state index contributed by atoms with van der Waals surface area (Å²) in [5.74, 6) is 0.167. The number of aliphatic hydroxyl groups is 1. The van der Waals surface area contributed by atoms with Gasteiger partial charge >= 0.3 is 0 Å². The minimum absolute atomic E-state index is 0.0558. The zero-order valence-electron chi connectivity index (χ0n) is 10.4. The van der Waals surface area contributed by atoms with Gasteiger partial charge < -0.3 is 15.0 Å². The van der Waals surface area contributed by atoms with Crippen LogP contribution in [0.2, 0.25) is 0 Å². The highest BCUT2D eigenvalue weighted by atomic mass is 16.3. The molecule has 1 aromatic heterocycles. The van der Waals surface area contributed by atoms with Crippen molar-refractivity contribution in [2.75, 3.05) is 6.54 Å². The first kappa shape index (κ1) is 12.2. The van der Waals surface area contributed by atoms with Gasteiger partial charge in [-0.05, 0) is 31.9 Å². The summed E-state index contributed by atoms with van der Waals surface area (Å²) in [5, 5.41) is 12.6. The quantitative estimate of drug-likeness (QED) is 0.829. The molecule has 0 aromatic carbocycles. The van der Waals surface area contributed by atoms with Gasteiger partial charge in [0.25, 0.3) is 5.91 Å². The molecule has 0 bridgehead atoms. The minimum Gasteiger partial charge on any atom is -0.393 e. The van der Waals surface area contributed by atoms with Crippen LogP contribution in [0.25, 0.3) is 0 Å². The highest BCUT2D eigenvalue weighted by molar-refractivity contribution is 5.92. The predicted octanol–water partition coefficient (Wildman–Crippen LogP) is 1.22. The van der Waals surface area contributed by atoms with Gasteiger partial charge in [0, 0.05) is 25.2 Å². The average molecular weight is 236 g/mol. The molecular weight excluding hydrogens is 216 g/mol. The molecule has 1 amide bonds. The van der Waals surface area contributed by atoms with Crippen LogP contribution in [0.3, 0.4) is 0 Å². The van der Waals surface area contributed by atoms with Gasteiger partial charge in [0.05, 0.1) is 6.10 Å². The van der Waals surface area contributed by atoms with Crippen LogP contribution in [0.1, 0.15) is 35.4 Å². The lowest BCUT2D eigenvalue weighted by Gasteiger charge is -2.15. The van der Waals surface area contributed by atoms with Crippen LogP contribution >= 0.6 is 0 Å². The molecule has 17 heavy (non-hydrogen) atoms. The molecule has 4 nitrogen and oxygen atoms in total. The second-order valence-electron chi connectivity index (χ2n) is 4.89. The maximum Gasteiger partial charge on any atom is 0.267 e. The topological polar surface area (TPSA) is 54.3 Å². The summed E-state index contributed by atoms with van der Waals surface area (Å²) in [6.07, 6.45) is 2.69. The van der Waals surface area contributed by atoms with Gasteiger partial charge in [-0.2, -0.15) is 0 Å². The van der Waals surface area contributed by atoms with Crippen LogP contribution in [-0.4, -0.2) is 28.2 Å². The van der Waals surface area contributed by atoms with E-state index in [1.165, 1.54) is 0 Å². The third-order valence-corrected chi connectivity index (χ3v) is 3.75. The maximum absolute atomic E-state index is 11.9. The number of amides is 1. The van der Waals surface area contributed by atoms with Gasteiger partial charge in [0.2, 0.25) is 0 Å². The summed E-state index contributed by atoms with van der Waals surface area (Å²) < 4.78 is 1.88. The smallest absolute Gasteiger partial charge is 0.267 e. The third kappa shape index (κ3) is 2.52. The predicted molar refractivity (Wildman–Crippen MR) is 65.8 cm³/mol. The number of aromatic nitrogens is 1. The number of nitrogens with one attached hydrogen (secondary N) is 1. The lowest BCUT2D eigenvalue weighted by molar-refractivity contribution is 0.0909. The fourth-order valence-electron chi connectivity index (χ4n) is 2.41. The Hall–Kier alpha value is -1.29. The Labute approximate surface area is 102 Å². The van der Waals surface area contributed by atoms with Crippen molar-refractivity contribution in [3.63, 3.8) is 0 Å². The van der Waals surface area contributed by atoms with Crippen molar-refractivity contribution in [1.82, 2.24) is 9.88 Å².